The van der Waals surface area contributed by atoms with Crippen LogP contribution in [0.1, 0.15) is 136 Å². The highest BCUT2D eigenvalue weighted by Crippen LogP contribution is 2.15. The number of carbonyl (C=O) groups excluding carboxylic acids is 1. The maximum Gasteiger partial charge on any atom is 0.333 e. The second-order valence-corrected chi connectivity index (χ2v) is 8.98. The summed E-state index contributed by atoms with van der Waals surface area (Å²) in [5.74, 6) is 0.378. The predicted molar refractivity (Wildman–Crippen MR) is 124 cm³/mol. The fourth-order valence-corrected chi connectivity index (χ4v) is 3.48. The van der Waals surface area contributed by atoms with Gasteiger partial charge in [-0.25, -0.2) is 4.79 Å². The minimum Gasteiger partial charge on any atom is -0.462 e. The van der Waals surface area contributed by atoms with Crippen LogP contribution in [0.5, 0.6) is 0 Å². The van der Waals surface area contributed by atoms with Crippen LogP contribution in [0.4, 0.5) is 0 Å². The van der Waals surface area contributed by atoms with Gasteiger partial charge in [0.15, 0.2) is 0 Å². The van der Waals surface area contributed by atoms with Gasteiger partial charge in [0.1, 0.15) is 0 Å². The van der Waals surface area contributed by atoms with Gasteiger partial charge in [0, 0.05) is 5.57 Å². The van der Waals surface area contributed by atoms with E-state index in [1.165, 1.54) is 96.3 Å². The highest BCUT2D eigenvalue weighted by atomic mass is 16.5. The van der Waals surface area contributed by atoms with Gasteiger partial charge in [0.05, 0.1) is 6.61 Å². The van der Waals surface area contributed by atoms with E-state index in [0.717, 1.165) is 19.3 Å². The van der Waals surface area contributed by atoms with Crippen LogP contribution in [0, 0.1) is 5.92 Å². The summed E-state index contributed by atoms with van der Waals surface area (Å²) in [6.45, 7) is 11.0. The third-order valence-corrected chi connectivity index (χ3v) is 5.55. The van der Waals surface area contributed by atoms with Crippen LogP contribution in [0.25, 0.3) is 0 Å². The van der Waals surface area contributed by atoms with Crippen molar-refractivity contribution in [2.75, 3.05) is 6.61 Å². The Morgan fingerprint density at radius 2 is 1.11 bits per heavy atom. The first-order chi connectivity index (χ1) is 13.6. The highest BCUT2D eigenvalue weighted by Gasteiger charge is 2.08. The molecule has 0 aromatic rings. The summed E-state index contributed by atoms with van der Waals surface area (Å²) < 4.78 is 5.26. The van der Waals surface area contributed by atoms with Crippen LogP contribution in [-0.2, 0) is 9.53 Å². The van der Waals surface area contributed by atoms with E-state index in [-0.39, 0.29) is 5.97 Å². The molecule has 0 N–H and O–H groups in total. The van der Waals surface area contributed by atoms with Crippen molar-refractivity contribution >= 4 is 5.97 Å². The Balaban J connectivity index is 3.24. The quantitative estimate of drug-likeness (QED) is 0.110. The minimum absolute atomic E-state index is 0.193. The summed E-state index contributed by atoms with van der Waals surface area (Å²) >= 11 is 0. The lowest BCUT2D eigenvalue weighted by Gasteiger charge is -2.08. The van der Waals surface area contributed by atoms with E-state index in [2.05, 4.69) is 27.4 Å². The molecule has 0 aromatic carbocycles. The first kappa shape index (κ1) is 27.2. The van der Waals surface area contributed by atoms with E-state index in [9.17, 15) is 4.79 Å². The Morgan fingerprint density at radius 1 is 0.714 bits per heavy atom. The van der Waals surface area contributed by atoms with Crippen molar-refractivity contribution in [3.8, 4) is 0 Å². The smallest absolute Gasteiger partial charge is 0.333 e. The second-order valence-electron chi connectivity index (χ2n) is 8.98. The monoisotopic (exact) mass is 394 g/mol. The van der Waals surface area contributed by atoms with Gasteiger partial charge in [-0.05, 0) is 25.2 Å². The van der Waals surface area contributed by atoms with Crippen molar-refractivity contribution in [2.45, 2.75) is 136 Å². The van der Waals surface area contributed by atoms with Crippen LogP contribution in [0.3, 0.4) is 0 Å². The van der Waals surface area contributed by atoms with Crippen LogP contribution in [0.2, 0.25) is 0 Å². The van der Waals surface area contributed by atoms with Crippen molar-refractivity contribution in [3.63, 3.8) is 0 Å². The lowest BCUT2D eigenvalue weighted by Crippen LogP contribution is -2.09. The molecule has 0 bridgehead atoms. The Kier molecular flexibility index (Phi) is 20.3. The summed E-state index contributed by atoms with van der Waals surface area (Å²) in [6.07, 6.45) is 23.6. The van der Waals surface area contributed by atoms with E-state index in [4.69, 9.17) is 4.74 Å². The zero-order valence-corrected chi connectivity index (χ0v) is 19.5. The number of carbonyl (C=O) groups is 1. The topological polar surface area (TPSA) is 26.3 Å². The number of rotatable bonds is 21. The molecule has 2 heteroatoms. The molecular weight excluding hydrogens is 344 g/mol. The summed E-state index contributed by atoms with van der Waals surface area (Å²) in [4.78, 5) is 11.8. The lowest BCUT2D eigenvalue weighted by atomic mass is 10.0. The molecule has 0 fully saturated rings. The zero-order valence-electron chi connectivity index (χ0n) is 19.5. The van der Waals surface area contributed by atoms with Gasteiger partial charge >= 0.3 is 5.97 Å². The lowest BCUT2D eigenvalue weighted by molar-refractivity contribution is -0.139. The van der Waals surface area contributed by atoms with Gasteiger partial charge in [0.2, 0.25) is 0 Å². The average Bonchev–Trinajstić information content (AvgIpc) is 2.67. The van der Waals surface area contributed by atoms with Crippen molar-refractivity contribution in [1.82, 2.24) is 0 Å². The molecule has 0 heterocycles. The predicted octanol–water partition coefficient (Wildman–Crippen LogP) is 8.78. The minimum atomic E-state index is -0.193. The van der Waals surface area contributed by atoms with E-state index in [1.54, 1.807) is 0 Å². The van der Waals surface area contributed by atoms with Crippen LogP contribution in [-0.4, -0.2) is 12.6 Å². The molecule has 0 saturated carbocycles. The van der Waals surface area contributed by atoms with Gasteiger partial charge < -0.3 is 4.74 Å². The van der Waals surface area contributed by atoms with E-state index >= 15 is 0 Å². The highest BCUT2D eigenvalue weighted by molar-refractivity contribution is 5.87. The molecule has 0 aliphatic heterocycles. The molecule has 0 spiro atoms. The maximum absolute atomic E-state index is 11.8. The number of hydrogen-bond acceptors (Lipinski definition) is 2. The Labute approximate surface area is 176 Å². The van der Waals surface area contributed by atoms with Crippen LogP contribution in [0.15, 0.2) is 12.2 Å². The summed E-state index contributed by atoms with van der Waals surface area (Å²) in [7, 11) is 0. The molecule has 0 amide bonds. The molecule has 0 atom stereocenters. The van der Waals surface area contributed by atoms with E-state index in [1.807, 2.05) is 0 Å². The summed E-state index contributed by atoms with van der Waals surface area (Å²) in [5, 5.41) is 0. The number of unbranched alkanes of at least 4 members (excludes halogenated alkanes) is 15. The van der Waals surface area contributed by atoms with Crippen molar-refractivity contribution in [1.29, 1.82) is 0 Å². The molecule has 0 aliphatic carbocycles. The van der Waals surface area contributed by atoms with E-state index in [0.29, 0.717) is 18.1 Å². The number of hydrogen-bond donors (Lipinski definition) is 0. The van der Waals surface area contributed by atoms with Gasteiger partial charge in [0.25, 0.3) is 0 Å². The Bertz CT molecular complexity index is 359. The largest absolute Gasteiger partial charge is 0.462 e. The first-order valence-electron chi connectivity index (χ1n) is 12.4. The molecule has 2 nitrogen and oxygen atoms in total. The molecule has 166 valence electrons. The summed E-state index contributed by atoms with van der Waals surface area (Å²) in [5.41, 5.74) is 0.647. The normalized spacial score (nSPS) is 11.1. The van der Waals surface area contributed by atoms with Crippen molar-refractivity contribution in [3.05, 3.63) is 12.2 Å². The Hall–Kier alpha value is -0.790. The molecule has 0 aliphatic rings. The van der Waals surface area contributed by atoms with Gasteiger partial charge in [-0.3, -0.25) is 0 Å². The molecular formula is C26H50O2. The first-order valence-corrected chi connectivity index (χ1v) is 12.4. The van der Waals surface area contributed by atoms with Gasteiger partial charge in [-0.1, -0.05) is 124 Å². The number of esters is 1. The molecule has 0 unspecified atom stereocenters. The van der Waals surface area contributed by atoms with Crippen LogP contribution >= 0.6 is 0 Å². The molecule has 0 saturated heterocycles. The van der Waals surface area contributed by atoms with E-state index < -0.39 is 0 Å². The fraction of sp³-hybridized carbons (Fsp3) is 0.885. The molecule has 0 radical (unpaired) electrons. The SMILES string of the molecule is C=C(CCCCCCCCCCCCCCCCCC)C(=O)OCCC(C)C. The fourth-order valence-electron chi connectivity index (χ4n) is 3.48. The third kappa shape index (κ3) is 20.0. The third-order valence-electron chi connectivity index (χ3n) is 5.55. The van der Waals surface area contributed by atoms with Crippen molar-refractivity contribution < 1.29 is 9.53 Å². The van der Waals surface area contributed by atoms with Gasteiger partial charge in [-0.15, -0.1) is 0 Å². The number of ether oxygens (including phenoxy) is 1. The van der Waals surface area contributed by atoms with Crippen molar-refractivity contribution in [2.24, 2.45) is 5.92 Å². The Morgan fingerprint density at radius 3 is 1.50 bits per heavy atom. The molecule has 28 heavy (non-hydrogen) atoms. The molecule has 0 aromatic heterocycles. The van der Waals surface area contributed by atoms with Gasteiger partial charge in [-0.2, -0.15) is 0 Å². The second kappa shape index (κ2) is 20.9. The molecule has 0 rings (SSSR count). The average molecular weight is 395 g/mol. The standard InChI is InChI=1S/C26H50O2/c1-5-6-7-8-9-10-11-12-13-14-15-16-17-18-19-20-21-25(4)26(27)28-23-22-24(2)3/h24H,4-23H2,1-3H3. The maximum atomic E-state index is 11.8. The summed E-state index contributed by atoms with van der Waals surface area (Å²) in [6, 6.07) is 0. The zero-order chi connectivity index (χ0) is 20.9. The van der Waals surface area contributed by atoms with Crippen LogP contribution < -0.4 is 0 Å².